The summed E-state index contributed by atoms with van der Waals surface area (Å²) in [5.74, 6) is -0.691. The van der Waals surface area contributed by atoms with Gasteiger partial charge in [0.25, 0.3) is 5.91 Å². The number of carboxylic acid groups (broad SMARTS) is 1. The Kier molecular flexibility index (Phi) is 3.70. The number of carboxylic acids is 1. The van der Waals surface area contributed by atoms with Gasteiger partial charge in [-0.25, -0.2) is 0 Å². The van der Waals surface area contributed by atoms with Crippen molar-refractivity contribution in [2.75, 3.05) is 0 Å². The molecular weight excluding hydrogens is 248 g/mol. The summed E-state index contributed by atoms with van der Waals surface area (Å²) < 4.78 is 6.57. The van der Waals surface area contributed by atoms with Crippen LogP contribution in [0.25, 0.3) is 0 Å². The second-order valence-electron chi connectivity index (χ2n) is 4.13. The lowest BCUT2D eigenvalue weighted by Crippen LogP contribution is -2.29. The van der Waals surface area contributed by atoms with Crippen LogP contribution < -0.4 is 5.32 Å². The van der Waals surface area contributed by atoms with Crippen molar-refractivity contribution in [2.45, 2.75) is 19.5 Å². The molecular formula is C13H14N2O4. The molecule has 2 heterocycles. The van der Waals surface area contributed by atoms with Gasteiger partial charge < -0.3 is 19.4 Å². The number of aliphatic carboxylic acids is 1. The van der Waals surface area contributed by atoms with E-state index in [2.05, 4.69) is 5.32 Å². The lowest BCUT2D eigenvalue weighted by atomic mass is 10.2. The number of furan rings is 1. The maximum Gasteiger partial charge on any atom is 0.323 e. The molecule has 0 saturated carbocycles. The van der Waals surface area contributed by atoms with Gasteiger partial charge in [-0.05, 0) is 31.2 Å². The van der Waals surface area contributed by atoms with Gasteiger partial charge in [0.15, 0.2) is 0 Å². The Morgan fingerprint density at radius 3 is 2.84 bits per heavy atom. The largest absolute Gasteiger partial charge is 0.480 e. The van der Waals surface area contributed by atoms with Crippen molar-refractivity contribution in [3.8, 4) is 0 Å². The number of aromatic nitrogens is 1. The zero-order valence-corrected chi connectivity index (χ0v) is 10.4. The van der Waals surface area contributed by atoms with Gasteiger partial charge in [0.2, 0.25) is 0 Å². The van der Waals surface area contributed by atoms with E-state index in [1.54, 1.807) is 37.4 Å². The molecule has 2 aromatic rings. The quantitative estimate of drug-likeness (QED) is 0.858. The Balaban J connectivity index is 2.08. The molecule has 2 aromatic heterocycles. The molecule has 0 radical (unpaired) electrons. The molecule has 2 rings (SSSR count). The second kappa shape index (κ2) is 5.43. The van der Waals surface area contributed by atoms with Gasteiger partial charge in [-0.1, -0.05) is 0 Å². The van der Waals surface area contributed by atoms with Gasteiger partial charge >= 0.3 is 5.97 Å². The average molecular weight is 262 g/mol. The highest BCUT2D eigenvalue weighted by Crippen LogP contribution is 2.13. The minimum Gasteiger partial charge on any atom is -0.480 e. The molecule has 19 heavy (non-hydrogen) atoms. The molecule has 0 aliphatic heterocycles. The lowest BCUT2D eigenvalue weighted by molar-refractivity contribution is -0.137. The van der Waals surface area contributed by atoms with Crippen LogP contribution in [0.2, 0.25) is 0 Å². The number of nitrogens with one attached hydrogen (secondary N) is 1. The van der Waals surface area contributed by atoms with Crippen LogP contribution in [0.4, 0.5) is 0 Å². The summed E-state index contributed by atoms with van der Waals surface area (Å²) in [6.07, 6.45) is 3.09. The predicted octanol–water partition coefficient (Wildman–Crippen LogP) is 1.66. The molecule has 1 amide bonds. The monoisotopic (exact) mass is 262 g/mol. The summed E-state index contributed by atoms with van der Waals surface area (Å²) in [6, 6.07) is 6.44. The molecule has 6 nitrogen and oxygen atoms in total. The molecule has 2 N–H and O–H groups in total. The van der Waals surface area contributed by atoms with Crippen LogP contribution in [-0.2, 0) is 11.3 Å². The number of nitrogens with zero attached hydrogens (tertiary/aromatic N) is 1. The zero-order valence-electron chi connectivity index (χ0n) is 10.4. The Hall–Kier alpha value is -2.50. The fourth-order valence-electron chi connectivity index (χ4n) is 1.78. The lowest BCUT2D eigenvalue weighted by Gasteiger charge is -2.12. The third-order valence-corrected chi connectivity index (χ3v) is 2.69. The Bertz CT molecular complexity index is 571. The van der Waals surface area contributed by atoms with Crippen molar-refractivity contribution in [2.24, 2.45) is 0 Å². The van der Waals surface area contributed by atoms with E-state index in [9.17, 15) is 9.59 Å². The standard InChI is InChI=1S/C13H14N2O4/c1-9(11-5-3-7-19-11)14-13(18)10-4-2-6-15(10)8-12(16)17/h2-7,9H,8H2,1H3,(H,14,18)(H,16,17). The van der Waals surface area contributed by atoms with Crippen LogP contribution in [0.1, 0.15) is 29.2 Å². The van der Waals surface area contributed by atoms with Gasteiger partial charge in [0, 0.05) is 6.20 Å². The molecule has 0 aliphatic rings. The van der Waals surface area contributed by atoms with E-state index in [1.807, 2.05) is 0 Å². The van der Waals surface area contributed by atoms with Gasteiger partial charge in [-0.2, -0.15) is 0 Å². The first-order chi connectivity index (χ1) is 9.08. The number of carbonyl (C=O) groups is 2. The third-order valence-electron chi connectivity index (χ3n) is 2.69. The Labute approximate surface area is 109 Å². The first-order valence-electron chi connectivity index (χ1n) is 5.79. The van der Waals surface area contributed by atoms with Crippen LogP contribution in [0.5, 0.6) is 0 Å². The minimum absolute atomic E-state index is 0.245. The fourth-order valence-corrected chi connectivity index (χ4v) is 1.78. The number of rotatable bonds is 5. The van der Waals surface area contributed by atoms with E-state index in [0.29, 0.717) is 11.5 Å². The highest BCUT2D eigenvalue weighted by atomic mass is 16.4. The summed E-state index contributed by atoms with van der Waals surface area (Å²) in [5.41, 5.74) is 0.306. The number of hydrogen-bond acceptors (Lipinski definition) is 3. The molecule has 0 aromatic carbocycles. The van der Waals surface area contributed by atoms with Crippen molar-refractivity contribution in [1.29, 1.82) is 0 Å². The van der Waals surface area contributed by atoms with E-state index in [4.69, 9.17) is 9.52 Å². The summed E-state index contributed by atoms with van der Waals surface area (Å²) >= 11 is 0. The van der Waals surface area contributed by atoms with Gasteiger partial charge in [-0.3, -0.25) is 9.59 Å². The van der Waals surface area contributed by atoms with E-state index in [1.165, 1.54) is 10.8 Å². The topological polar surface area (TPSA) is 84.5 Å². The molecule has 1 atom stereocenters. The fraction of sp³-hybridized carbons (Fsp3) is 0.231. The van der Waals surface area contributed by atoms with Gasteiger partial charge in [-0.15, -0.1) is 0 Å². The predicted molar refractivity (Wildman–Crippen MR) is 66.7 cm³/mol. The first kappa shape index (κ1) is 12.9. The normalized spacial score (nSPS) is 12.1. The smallest absolute Gasteiger partial charge is 0.323 e. The molecule has 0 bridgehead atoms. The minimum atomic E-state index is -0.996. The van der Waals surface area contributed by atoms with Crippen molar-refractivity contribution < 1.29 is 19.1 Å². The molecule has 0 spiro atoms. The maximum atomic E-state index is 12.0. The van der Waals surface area contributed by atoms with E-state index in [0.717, 1.165) is 0 Å². The van der Waals surface area contributed by atoms with Crippen LogP contribution in [0, 0.1) is 0 Å². The highest BCUT2D eigenvalue weighted by molar-refractivity contribution is 5.93. The second-order valence-corrected chi connectivity index (χ2v) is 4.13. The SMILES string of the molecule is CC(NC(=O)c1cccn1CC(=O)O)c1ccco1. The maximum absolute atomic E-state index is 12.0. The number of carbonyl (C=O) groups excluding carboxylic acids is 1. The Morgan fingerprint density at radius 1 is 1.42 bits per heavy atom. The molecule has 6 heteroatoms. The zero-order chi connectivity index (χ0) is 13.8. The van der Waals surface area contributed by atoms with Crippen LogP contribution in [-0.4, -0.2) is 21.6 Å². The van der Waals surface area contributed by atoms with Gasteiger partial charge in [0.05, 0.1) is 12.3 Å². The number of hydrogen-bond donors (Lipinski definition) is 2. The van der Waals surface area contributed by atoms with Crippen molar-refractivity contribution in [1.82, 2.24) is 9.88 Å². The summed E-state index contributed by atoms with van der Waals surface area (Å²) in [6.45, 7) is 1.55. The summed E-state index contributed by atoms with van der Waals surface area (Å²) in [5, 5.41) is 11.5. The average Bonchev–Trinajstić information content (AvgIpc) is 2.97. The van der Waals surface area contributed by atoms with Crippen molar-refractivity contribution >= 4 is 11.9 Å². The van der Waals surface area contributed by atoms with Crippen molar-refractivity contribution in [3.63, 3.8) is 0 Å². The Morgan fingerprint density at radius 2 is 2.21 bits per heavy atom. The first-order valence-corrected chi connectivity index (χ1v) is 5.79. The summed E-state index contributed by atoms with van der Waals surface area (Å²) in [4.78, 5) is 22.7. The molecule has 0 saturated heterocycles. The summed E-state index contributed by atoms with van der Waals surface area (Å²) in [7, 11) is 0. The van der Waals surface area contributed by atoms with Gasteiger partial charge in [0.1, 0.15) is 18.0 Å². The van der Waals surface area contributed by atoms with E-state index in [-0.39, 0.29) is 18.5 Å². The van der Waals surface area contributed by atoms with Crippen LogP contribution in [0.3, 0.4) is 0 Å². The molecule has 0 fully saturated rings. The number of amides is 1. The molecule has 100 valence electrons. The third kappa shape index (κ3) is 3.04. The van der Waals surface area contributed by atoms with Crippen LogP contribution in [0.15, 0.2) is 41.1 Å². The van der Waals surface area contributed by atoms with Crippen LogP contribution >= 0.6 is 0 Å². The molecule has 0 aliphatic carbocycles. The van der Waals surface area contributed by atoms with E-state index < -0.39 is 5.97 Å². The molecule has 1 unspecified atom stereocenters. The highest BCUT2D eigenvalue weighted by Gasteiger charge is 2.16. The van der Waals surface area contributed by atoms with Crippen molar-refractivity contribution in [3.05, 3.63) is 48.2 Å². The van der Waals surface area contributed by atoms with E-state index >= 15 is 0 Å².